The number of hydrogen-bond donors (Lipinski definition) is 0. The van der Waals surface area contributed by atoms with Gasteiger partial charge in [0, 0.05) is 22.3 Å². The molecule has 2 nitrogen and oxygen atoms in total. The molecule has 1 heterocycles. The maximum Gasteiger partial charge on any atom is 0.211 e. The molecule has 0 aliphatic carbocycles. The molecule has 3 rings (SSSR count). The SMILES string of the molecule is CCCCCCCCC[CH2][Pd][CH2]CCCCCCCCC.CCCCCCc1cccc(C2=C(CC)C(CCCC)=C(c3cccc(CCCCCC)c3)[N+]2=[N-])c1. The molecule has 1 aliphatic rings. The van der Waals surface area contributed by atoms with Crippen LogP contribution in [0.1, 0.15) is 244 Å². The number of unbranched alkanes of at least 4 members (excludes halogenated alkanes) is 21. The Balaban J connectivity index is 0.000000457. The minimum atomic E-state index is 0.923. The number of aryl methyl sites for hydroxylation is 2. The minimum absolute atomic E-state index is 0.923. The van der Waals surface area contributed by atoms with Gasteiger partial charge in [-0.3, -0.25) is 0 Å². The zero-order valence-electron chi connectivity index (χ0n) is 38.5. The van der Waals surface area contributed by atoms with Crippen LogP contribution in [0.3, 0.4) is 0 Å². The number of allylic oxidation sites excluding steroid dienone is 2. The van der Waals surface area contributed by atoms with E-state index in [9.17, 15) is 5.53 Å². The fraction of sp³-hybridized carbons (Fsp3) is 0.704. The summed E-state index contributed by atoms with van der Waals surface area (Å²) in [6.07, 6.45) is 40.2. The minimum Gasteiger partial charge on any atom is -0.493 e. The van der Waals surface area contributed by atoms with Crippen molar-refractivity contribution in [1.29, 1.82) is 0 Å². The Hall–Kier alpha value is -1.82. The summed E-state index contributed by atoms with van der Waals surface area (Å²) >= 11 is 1.07. The van der Waals surface area contributed by atoms with Crippen molar-refractivity contribution >= 4 is 11.4 Å². The van der Waals surface area contributed by atoms with Crippen molar-refractivity contribution in [3.05, 3.63) is 87.5 Å². The normalized spacial score (nSPS) is 12.9. The average Bonchev–Trinajstić information content (AvgIpc) is 3.52. The molecule has 3 heteroatoms. The largest absolute Gasteiger partial charge is 0.493 e. The number of benzene rings is 2. The fourth-order valence-electron chi connectivity index (χ4n) is 8.17. The molecule has 326 valence electrons. The van der Waals surface area contributed by atoms with Crippen molar-refractivity contribution in [2.45, 2.75) is 244 Å². The summed E-state index contributed by atoms with van der Waals surface area (Å²) < 4.78 is 1.52. The van der Waals surface area contributed by atoms with Gasteiger partial charge in [0.2, 0.25) is 11.4 Å². The smallest absolute Gasteiger partial charge is 0.211 e. The molecule has 0 N–H and O–H groups in total. The predicted octanol–water partition coefficient (Wildman–Crippen LogP) is 18.9. The summed E-state index contributed by atoms with van der Waals surface area (Å²) in [7, 11) is 0. The number of nitrogens with zero attached hydrogens (tertiary/aromatic N) is 2. The van der Waals surface area contributed by atoms with E-state index in [0.29, 0.717) is 0 Å². The molecule has 0 amide bonds. The maximum atomic E-state index is 11.7. The van der Waals surface area contributed by atoms with Crippen LogP contribution < -0.4 is 0 Å². The average molecular weight is 874 g/mol. The molecule has 0 saturated carbocycles. The van der Waals surface area contributed by atoms with E-state index < -0.39 is 0 Å². The van der Waals surface area contributed by atoms with Crippen LogP contribution in [0.15, 0.2) is 59.7 Å². The van der Waals surface area contributed by atoms with Crippen LogP contribution in [0, 0.1) is 0 Å². The van der Waals surface area contributed by atoms with Crippen LogP contribution in [-0.4, -0.2) is 4.70 Å². The molecule has 0 fully saturated rings. The second kappa shape index (κ2) is 35.0. The Bertz CT molecular complexity index is 1350. The summed E-state index contributed by atoms with van der Waals surface area (Å²) in [6, 6.07) is 17.8. The molecule has 0 unspecified atom stereocenters. The maximum absolute atomic E-state index is 11.7. The first-order valence-electron chi connectivity index (χ1n) is 24.6. The molecule has 0 bridgehead atoms. The summed E-state index contributed by atoms with van der Waals surface area (Å²) in [5.74, 6) is 0. The topological polar surface area (TPSA) is 25.3 Å². The summed E-state index contributed by atoms with van der Waals surface area (Å²) in [4.78, 5) is 3.08. The zero-order valence-corrected chi connectivity index (χ0v) is 40.0. The first-order valence-corrected chi connectivity index (χ1v) is 26.8. The quantitative estimate of drug-likeness (QED) is 0.0380. The van der Waals surface area contributed by atoms with Gasteiger partial charge in [0.05, 0.1) is 0 Å². The van der Waals surface area contributed by atoms with Gasteiger partial charge in [-0.1, -0.05) is 96.9 Å². The van der Waals surface area contributed by atoms with Gasteiger partial charge >= 0.3 is 144 Å². The van der Waals surface area contributed by atoms with E-state index in [1.165, 1.54) is 181 Å². The van der Waals surface area contributed by atoms with Gasteiger partial charge in [-0.25, -0.2) is 4.70 Å². The van der Waals surface area contributed by atoms with Crippen LogP contribution in [0.5, 0.6) is 0 Å². The van der Waals surface area contributed by atoms with Gasteiger partial charge in [0.1, 0.15) is 0 Å². The van der Waals surface area contributed by atoms with Crippen molar-refractivity contribution < 1.29 is 22.7 Å². The third kappa shape index (κ3) is 21.8. The van der Waals surface area contributed by atoms with Gasteiger partial charge in [0.15, 0.2) is 0 Å². The van der Waals surface area contributed by atoms with E-state index in [4.69, 9.17) is 0 Å². The molecule has 57 heavy (non-hydrogen) atoms. The Morgan fingerprint density at radius 2 is 0.772 bits per heavy atom. The second-order valence-electron chi connectivity index (χ2n) is 16.9. The molecule has 0 atom stereocenters. The van der Waals surface area contributed by atoms with Crippen LogP contribution in [-0.2, 0) is 30.8 Å². The molecule has 0 saturated heterocycles. The van der Waals surface area contributed by atoms with Crippen molar-refractivity contribution in [3.8, 4) is 0 Å². The first kappa shape index (κ1) is 51.3. The van der Waals surface area contributed by atoms with Crippen molar-refractivity contribution in [3.63, 3.8) is 0 Å². The standard InChI is InChI=1S/C34H48N2.2C10H21.Pd/c1-5-9-12-14-18-27-20-16-22-29(25-27)33-31(8-4)32(24-11-7-3)34(36(33)35)30-23-17-21-28(26-30)19-15-13-10-6-2;2*1-3-5-7-9-10-8-6-4-2;/h16-17,20-23,25-26H,5-15,18-19,24H2,1-4H3;2*1,3-10H2,2H3;. The molecule has 2 aromatic carbocycles. The molecule has 2 aromatic rings. The van der Waals surface area contributed by atoms with E-state index in [1.54, 1.807) is 9.79 Å². The fourth-order valence-corrected chi connectivity index (χ4v) is 10.1. The van der Waals surface area contributed by atoms with Crippen LogP contribution >= 0.6 is 0 Å². The Morgan fingerprint density at radius 1 is 0.404 bits per heavy atom. The summed E-state index contributed by atoms with van der Waals surface area (Å²) in [6.45, 7) is 13.6. The van der Waals surface area contributed by atoms with E-state index in [1.807, 2.05) is 0 Å². The zero-order chi connectivity index (χ0) is 41.2. The van der Waals surface area contributed by atoms with Crippen LogP contribution in [0.25, 0.3) is 16.9 Å². The monoisotopic (exact) mass is 873 g/mol. The molecule has 0 radical (unpaired) electrons. The number of hydrogen-bond acceptors (Lipinski definition) is 0. The predicted molar refractivity (Wildman–Crippen MR) is 251 cm³/mol. The third-order valence-corrected chi connectivity index (χ3v) is 13.9. The third-order valence-electron chi connectivity index (χ3n) is 11.7. The van der Waals surface area contributed by atoms with Gasteiger partial charge in [0.25, 0.3) is 0 Å². The van der Waals surface area contributed by atoms with Crippen LogP contribution in [0.4, 0.5) is 0 Å². The first-order chi connectivity index (χ1) is 28.1. The van der Waals surface area contributed by atoms with E-state index >= 15 is 0 Å². The van der Waals surface area contributed by atoms with Gasteiger partial charge in [-0.05, 0) is 80.3 Å². The van der Waals surface area contributed by atoms with Gasteiger partial charge in [-0.2, -0.15) is 0 Å². The van der Waals surface area contributed by atoms with Gasteiger partial charge in [-0.15, -0.1) is 0 Å². The molecule has 0 spiro atoms. The Kier molecular flexibility index (Phi) is 31.5. The van der Waals surface area contributed by atoms with E-state index in [0.717, 1.165) is 79.0 Å². The van der Waals surface area contributed by atoms with Gasteiger partial charge < -0.3 is 5.53 Å². The van der Waals surface area contributed by atoms with Crippen molar-refractivity contribution in [2.75, 3.05) is 0 Å². The Labute approximate surface area is 363 Å². The molecular formula is C54H90N2Pd. The van der Waals surface area contributed by atoms with E-state index in [2.05, 4.69) is 90.1 Å². The number of rotatable bonds is 34. The Morgan fingerprint density at radius 3 is 1.18 bits per heavy atom. The molecule has 1 aliphatic heterocycles. The summed E-state index contributed by atoms with van der Waals surface area (Å²) in [5.41, 5.74) is 21.4. The van der Waals surface area contributed by atoms with Crippen molar-refractivity contribution in [1.82, 2.24) is 0 Å². The molecular weight excluding hydrogens is 783 g/mol. The van der Waals surface area contributed by atoms with Crippen molar-refractivity contribution in [2.24, 2.45) is 0 Å². The molecule has 0 aromatic heterocycles. The summed E-state index contributed by atoms with van der Waals surface area (Å²) in [5, 5.41) is 0. The second-order valence-corrected chi connectivity index (χ2v) is 19.2. The van der Waals surface area contributed by atoms with E-state index in [-0.39, 0.29) is 0 Å². The van der Waals surface area contributed by atoms with Crippen LogP contribution in [0.2, 0.25) is 9.79 Å².